The fourth-order valence-corrected chi connectivity index (χ4v) is 4.57. The van der Waals surface area contributed by atoms with Gasteiger partial charge >= 0.3 is 0 Å². The van der Waals surface area contributed by atoms with E-state index in [4.69, 9.17) is 11.6 Å². The van der Waals surface area contributed by atoms with E-state index < -0.39 is 10.0 Å². The molecular weight excluding hydrogens is 348 g/mol. The summed E-state index contributed by atoms with van der Waals surface area (Å²) in [6.07, 6.45) is 3.81. The predicted molar refractivity (Wildman–Crippen MR) is 95.0 cm³/mol. The van der Waals surface area contributed by atoms with Gasteiger partial charge in [0.25, 0.3) is 10.0 Å². The zero-order chi connectivity index (χ0) is 17.3. The Hall–Kier alpha value is -1.57. The normalized spacial score (nSPS) is 17.0. The number of aromatic nitrogens is 2. The molecule has 3 rings (SSSR count). The fourth-order valence-electron chi connectivity index (χ4n) is 2.97. The Balaban J connectivity index is 1.79. The van der Waals surface area contributed by atoms with Crippen LogP contribution in [-0.2, 0) is 17.1 Å². The van der Waals surface area contributed by atoms with Gasteiger partial charge in [-0.05, 0) is 31.0 Å². The summed E-state index contributed by atoms with van der Waals surface area (Å²) in [5.74, 6) is 0. The highest BCUT2D eigenvalue weighted by Crippen LogP contribution is 2.28. The van der Waals surface area contributed by atoms with Crippen molar-refractivity contribution in [1.29, 1.82) is 0 Å². The number of rotatable bonds is 3. The van der Waals surface area contributed by atoms with E-state index in [1.807, 2.05) is 25.1 Å². The maximum Gasteiger partial charge on any atom is 0.262 e. The number of halogens is 1. The predicted octanol–water partition coefficient (Wildman–Crippen LogP) is 2.28. The number of aryl methyl sites for hydroxylation is 1. The molecule has 0 aliphatic carbocycles. The lowest BCUT2D eigenvalue weighted by Crippen LogP contribution is -2.35. The lowest BCUT2D eigenvalue weighted by atomic mass is 10.1. The smallest absolute Gasteiger partial charge is 0.262 e. The van der Waals surface area contributed by atoms with Gasteiger partial charge in [0.1, 0.15) is 0 Å². The summed E-state index contributed by atoms with van der Waals surface area (Å²) >= 11 is 6.21. The topological polar surface area (TPSA) is 58.4 Å². The Morgan fingerprint density at radius 1 is 1.17 bits per heavy atom. The van der Waals surface area contributed by atoms with Crippen molar-refractivity contribution in [2.75, 3.05) is 31.1 Å². The van der Waals surface area contributed by atoms with Crippen LogP contribution in [0.4, 0.5) is 5.69 Å². The van der Waals surface area contributed by atoms with E-state index in [0.717, 1.165) is 29.2 Å². The number of hydrogen-bond acceptors (Lipinski definition) is 4. The number of hydrogen-bond donors (Lipinski definition) is 0. The summed E-state index contributed by atoms with van der Waals surface area (Å²) in [4.78, 5) is 6.20. The highest BCUT2D eigenvalue weighted by Gasteiger charge is 2.29. The Morgan fingerprint density at radius 2 is 1.96 bits per heavy atom. The zero-order valence-corrected chi connectivity index (χ0v) is 15.4. The molecule has 1 aromatic carbocycles. The van der Waals surface area contributed by atoms with Crippen molar-refractivity contribution in [2.45, 2.75) is 18.4 Å². The first-order valence-electron chi connectivity index (χ1n) is 7.88. The minimum atomic E-state index is -3.54. The van der Waals surface area contributed by atoms with E-state index in [1.165, 1.54) is 10.6 Å². The second-order valence-corrected chi connectivity index (χ2v) is 8.30. The largest absolute Gasteiger partial charge is 0.370 e. The molecule has 0 N–H and O–H groups in total. The number of sulfonamides is 1. The third-order valence-corrected chi connectivity index (χ3v) is 6.51. The molecule has 8 heteroatoms. The van der Waals surface area contributed by atoms with Crippen molar-refractivity contribution < 1.29 is 8.42 Å². The molecule has 2 heterocycles. The van der Waals surface area contributed by atoms with Gasteiger partial charge in [0.05, 0.1) is 6.33 Å². The van der Waals surface area contributed by atoms with Crippen LogP contribution in [0, 0.1) is 6.92 Å². The maximum absolute atomic E-state index is 12.7. The van der Waals surface area contributed by atoms with Gasteiger partial charge < -0.3 is 9.47 Å². The lowest BCUT2D eigenvalue weighted by molar-refractivity contribution is 0.431. The first kappa shape index (κ1) is 17.3. The van der Waals surface area contributed by atoms with Crippen molar-refractivity contribution in [3.8, 4) is 0 Å². The Labute approximate surface area is 147 Å². The molecule has 2 aromatic rings. The average molecular weight is 369 g/mol. The summed E-state index contributed by atoms with van der Waals surface area (Å²) < 4.78 is 28.6. The Morgan fingerprint density at radius 3 is 2.67 bits per heavy atom. The molecule has 1 fully saturated rings. The minimum absolute atomic E-state index is 0.109. The monoisotopic (exact) mass is 368 g/mol. The third-order valence-electron chi connectivity index (χ3n) is 4.32. The molecular formula is C16H21ClN4O2S. The van der Waals surface area contributed by atoms with Crippen LogP contribution in [0.25, 0.3) is 0 Å². The van der Waals surface area contributed by atoms with Crippen LogP contribution >= 0.6 is 11.6 Å². The number of anilines is 1. The van der Waals surface area contributed by atoms with Crippen LogP contribution in [-0.4, -0.2) is 48.5 Å². The Bertz CT molecular complexity index is 834. The standard InChI is InChI=1S/C16H21ClN4O2S/c1-13-14(17)5-3-6-15(13)20-7-4-8-21(10-9-20)24(22,23)16-11-19(2)12-18-16/h3,5-6,11-12H,4,7-10H2,1-2H3. The molecule has 0 atom stereocenters. The van der Waals surface area contributed by atoms with Crippen LogP contribution in [0.5, 0.6) is 0 Å². The molecule has 0 saturated carbocycles. The average Bonchev–Trinajstić information content (AvgIpc) is 2.84. The van der Waals surface area contributed by atoms with Crippen molar-refractivity contribution in [3.05, 3.63) is 41.3 Å². The highest BCUT2D eigenvalue weighted by molar-refractivity contribution is 7.89. The van der Waals surface area contributed by atoms with Gasteiger partial charge in [0.15, 0.2) is 5.03 Å². The van der Waals surface area contributed by atoms with E-state index in [0.29, 0.717) is 19.6 Å². The van der Waals surface area contributed by atoms with Gasteiger partial charge in [-0.25, -0.2) is 13.4 Å². The first-order chi connectivity index (χ1) is 11.4. The van der Waals surface area contributed by atoms with Gasteiger partial charge in [0.2, 0.25) is 0 Å². The van der Waals surface area contributed by atoms with Crippen LogP contribution in [0.1, 0.15) is 12.0 Å². The summed E-state index contributed by atoms with van der Waals surface area (Å²) in [6, 6.07) is 5.83. The van der Waals surface area contributed by atoms with Gasteiger partial charge in [-0.1, -0.05) is 17.7 Å². The van der Waals surface area contributed by atoms with Crippen molar-refractivity contribution in [2.24, 2.45) is 7.05 Å². The van der Waals surface area contributed by atoms with Gasteiger partial charge in [-0.2, -0.15) is 4.31 Å². The van der Waals surface area contributed by atoms with E-state index in [2.05, 4.69) is 9.88 Å². The van der Waals surface area contributed by atoms with Crippen LogP contribution in [0.2, 0.25) is 5.02 Å². The first-order valence-corrected chi connectivity index (χ1v) is 9.69. The van der Waals surface area contributed by atoms with Gasteiger partial charge in [0, 0.05) is 50.1 Å². The third kappa shape index (κ3) is 3.29. The fraction of sp³-hybridized carbons (Fsp3) is 0.438. The molecule has 130 valence electrons. The second-order valence-electron chi connectivity index (χ2n) is 6.01. The Kier molecular flexibility index (Phi) is 4.85. The van der Waals surface area contributed by atoms with Crippen LogP contribution < -0.4 is 4.90 Å². The molecule has 0 unspecified atom stereocenters. The van der Waals surface area contributed by atoms with E-state index in [9.17, 15) is 8.42 Å². The summed E-state index contributed by atoms with van der Waals surface area (Å²) in [5, 5.41) is 0.840. The second kappa shape index (κ2) is 6.74. The zero-order valence-electron chi connectivity index (χ0n) is 13.8. The quantitative estimate of drug-likeness (QED) is 0.834. The van der Waals surface area contributed by atoms with Crippen molar-refractivity contribution in [1.82, 2.24) is 13.9 Å². The number of nitrogens with zero attached hydrogens (tertiary/aromatic N) is 4. The maximum atomic E-state index is 12.7. The molecule has 1 aliphatic rings. The van der Waals surface area contributed by atoms with Crippen molar-refractivity contribution >= 4 is 27.3 Å². The highest BCUT2D eigenvalue weighted by atomic mass is 35.5. The molecule has 1 aromatic heterocycles. The van der Waals surface area contributed by atoms with E-state index >= 15 is 0 Å². The molecule has 0 spiro atoms. The van der Waals surface area contributed by atoms with Gasteiger partial charge in [-0.15, -0.1) is 0 Å². The molecule has 6 nitrogen and oxygen atoms in total. The molecule has 0 bridgehead atoms. The lowest BCUT2D eigenvalue weighted by Gasteiger charge is -2.25. The summed E-state index contributed by atoms with van der Waals surface area (Å²) in [7, 11) is -1.78. The summed E-state index contributed by atoms with van der Waals surface area (Å²) in [5.41, 5.74) is 2.10. The van der Waals surface area contributed by atoms with Gasteiger partial charge in [-0.3, -0.25) is 0 Å². The van der Waals surface area contributed by atoms with Crippen LogP contribution in [0.3, 0.4) is 0 Å². The molecule has 1 saturated heterocycles. The minimum Gasteiger partial charge on any atom is -0.370 e. The molecule has 1 aliphatic heterocycles. The summed E-state index contributed by atoms with van der Waals surface area (Å²) in [6.45, 7) is 4.35. The molecule has 0 radical (unpaired) electrons. The van der Waals surface area contributed by atoms with E-state index in [-0.39, 0.29) is 5.03 Å². The molecule has 0 amide bonds. The SMILES string of the molecule is Cc1c(Cl)cccc1N1CCCN(S(=O)(=O)c2cn(C)cn2)CC1. The van der Waals surface area contributed by atoms with Crippen molar-refractivity contribution in [3.63, 3.8) is 0 Å². The number of imidazole rings is 1. The van der Waals surface area contributed by atoms with E-state index in [1.54, 1.807) is 17.8 Å². The molecule has 24 heavy (non-hydrogen) atoms. The number of benzene rings is 1. The van der Waals surface area contributed by atoms with Crippen LogP contribution in [0.15, 0.2) is 35.7 Å².